The van der Waals surface area contributed by atoms with Crippen LogP contribution in [-0.4, -0.2) is 39.1 Å². The topological polar surface area (TPSA) is 72.8 Å². The molecule has 0 atom stereocenters. The molecule has 0 aliphatic rings. The molecule has 0 heterocycles. The molecule has 0 saturated carbocycles. The number of hydrogen-bond donors (Lipinski definition) is 1. The Labute approximate surface area is 158 Å². The first-order valence-electron chi connectivity index (χ1n) is 9.77. The fourth-order valence-electron chi connectivity index (χ4n) is 2.69. The molecule has 0 aliphatic heterocycles. The molecule has 0 radical (unpaired) electrons. The highest BCUT2D eigenvalue weighted by Crippen LogP contribution is 2.15. The molecule has 1 aromatic rings. The predicted octanol–water partition coefficient (Wildman–Crippen LogP) is 4.09. The van der Waals surface area contributed by atoms with Crippen LogP contribution in [0.2, 0.25) is 0 Å². The summed E-state index contributed by atoms with van der Waals surface area (Å²) in [5.41, 5.74) is 1.31. The molecule has 0 aromatic heterocycles. The first-order valence-corrected chi connectivity index (χ1v) is 11.3. The lowest BCUT2D eigenvalue weighted by molar-refractivity contribution is 0.204. The maximum atomic E-state index is 11.5. The standard InChI is InChI=1S/C20H34O5S/c1-2-3-4-5-6-7-8-10-19-11-13-20(14-12-19)24-16-9-18-26(22,23)25-17-15-21/h11-14,21H,2-10,15-18H2,1H3. The Morgan fingerprint density at radius 1 is 0.885 bits per heavy atom. The molecule has 1 rings (SSSR count). The van der Waals surface area contributed by atoms with Gasteiger partial charge in [-0.25, -0.2) is 0 Å². The minimum absolute atomic E-state index is 0.108. The van der Waals surface area contributed by atoms with Crippen molar-refractivity contribution in [3.63, 3.8) is 0 Å². The number of aliphatic hydroxyl groups is 1. The molecule has 0 saturated heterocycles. The molecule has 0 amide bonds. The van der Waals surface area contributed by atoms with Crippen molar-refractivity contribution in [3.05, 3.63) is 29.8 Å². The van der Waals surface area contributed by atoms with E-state index in [9.17, 15) is 8.42 Å². The van der Waals surface area contributed by atoms with Crippen LogP contribution in [0.1, 0.15) is 63.9 Å². The molecular weight excluding hydrogens is 352 g/mol. The van der Waals surface area contributed by atoms with E-state index >= 15 is 0 Å². The van der Waals surface area contributed by atoms with E-state index in [1.807, 2.05) is 12.1 Å². The SMILES string of the molecule is CCCCCCCCCc1ccc(OCCCS(=O)(=O)OCCO)cc1. The van der Waals surface area contributed by atoms with Crippen LogP contribution in [0.4, 0.5) is 0 Å². The Morgan fingerprint density at radius 3 is 2.19 bits per heavy atom. The van der Waals surface area contributed by atoms with Gasteiger partial charge in [0.1, 0.15) is 5.75 Å². The summed E-state index contributed by atoms with van der Waals surface area (Å²) in [6.07, 6.45) is 10.6. The Morgan fingerprint density at radius 2 is 1.54 bits per heavy atom. The average molecular weight is 387 g/mol. The van der Waals surface area contributed by atoms with Crippen molar-refractivity contribution in [2.45, 2.75) is 64.7 Å². The van der Waals surface area contributed by atoms with Gasteiger partial charge in [0.25, 0.3) is 10.1 Å². The van der Waals surface area contributed by atoms with Gasteiger partial charge in [-0.2, -0.15) is 8.42 Å². The molecule has 6 heteroatoms. The third-order valence-electron chi connectivity index (χ3n) is 4.15. The fraction of sp³-hybridized carbons (Fsp3) is 0.700. The second-order valence-corrected chi connectivity index (χ2v) is 8.28. The Hall–Kier alpha value is -1.11. The number of unbranched alkanes of at least 4 members (excludes halogenated alkanes) is 6. The summed E-state index contributed by atoms with van der Waals surface area (Å²) in [4.78, 5) is 0. The summed E-state index contributed by atoms with van der Waals surface area (Å²) >= 11 is 0. The van der Waals surface area contributed by atoms with Crippen molar-refractivity contribution in [2.75, 3.05) is 25.6 Å². The average Bonchev–Trinajstić information content (AvgIpc) is 2.64. The number of hydrogen-bond acceptors (Lipinski definition) is 5. The minimum Gasteiger partial charge on any atom is -0.494 e. The highest BCUT2D eigenvalue weighted by Gasteiger charge is 2.10. The molecule has 1 N–H and O–H groups in total. The van der Waals surface area contributed by atoms with Crippen molar-refractivity contribution < 1.29 is 22.4 Å². The van der Waals surface area contributed by atoms with E-state index < -0.39 is 10.1 Å². The minimum atomic E-state index is -3.57. The van der Waals surface area contributed by atoms with Gasteiger partial charge in [-0.15, -0.1) is 0 Å². The third-order valence-corrected chi connectivity index (χ3v) is 5.47. The van der Waals surface area contributed by atoms with Gasteiger partial charge < -0.3 is 9.84 Å². The van der Waals surface area contributed by atoms with E-state index in [4.69, 9.17) is 9.84 Å². The summed E-state index contributed by atoms with van der Waals surface area (Å²) < 4.78 is 33.1. The van der Waals surface area contributed by atoms with Crippen LogP contribution >= 0.6 is 0 Å². The second kappa shape index (κ2) is 14.0. The highest BCUT2D eigenvalue weighted by atomic mass is 32.2. The van der Waals surface area contributed by atoms with E-state index in [0.29, 0.717) is 13.0 Å². The highest BCUT2D eigenvalue weighted by molar-refractivity contribution is 7.86. The second-order valence-electron chi connectivity index (χ2n) is 6.52. The van der Waals surface area contributed by atoms with Gasteiger partial charge in [0, 0.05) is 0 Å². The fourth-order valence-corrected chi connectivity index (χ4v) is 3.61. The number of aliphatic hydroxyl groups excluding tert-OH is 1. The lowest BCUT2D eigenvalue weighted by atomic mass is 10.0. The summed E-state index contributed by atoms with van der Waals surface area (Å²) in [5.74, 6) is 0.644. The van der Waals surface area contributed by atoms with E-state index in [2.05, 4.69) is 23.2 Å². The quantitative estimate of drug-likeness (QED) is 0.342. The largest absolute Gasteiger partial charge is 0.494 e. The van der Waals surface area contributed by atoms with Gasteiger partial charge >= 0.3 is 0 Å². The van der Waals surface area contributed by atoms with Crippen molar-refractivity contribution in [2.24, 2.45) is 0 Å². The zero-order chi connectivity index (χ0) is 19.1. The summed E-state index contributed by atoms with van der Waals surface area (Å²) in [6.45, 7) is 2.06. The first kappa shape index (κ1) is 22.9. The molecule has 150 valence electrons. The van der Waals surface area contributed by atoms with Crippen LogP contribution in [0, 0.1) is 0 Å². The number of benzene rings is 1. The predicted molar refractivity (Wildman–Crippen MR) is 105 cm³/mol. The van der Waals surface area contributed by atoms with Crippen LogP contribution in [0.25, 0.3) is 0 Å². The van der Waals surface area contributed by atoms with Crippen molar-refractivity contribution in [1.29, 1.82) is 0 Å². The van der Waals surface area contributed by atoms with Gasteiger partial charge in [-0.1, -0.05) is 57.6 Å². The van der Waals surface area contributed by atoms with Gasteiger partial charge in [0.05, 0.1) is 25.6 Å². The van der Waals surface area contributed by atoms with Crippen molar-refractivity contribution in [3.8, 4) is 5.75 Å². The normalized spacial score (nSPS) is 11.6. The van der Waals surface area contributed by atoms with E-state index in [1.54, 1.807) is 0 Å². The van der Waals surface area contributed by atoms with E-state index in [0.717, 1.165) is 12.2 Å². The van der Waals surface area contributed by atoms with Crippen LogP contribution in [0.15, 0.2) is 24.3 Å². The molecule has 26 heavy (non-hydrogen) atoms. The molecule has 0 bridgehead atoms. The molecule has 1 aromatic carbocycles. The molecule has 5 nitrogen and oxygen atoms in total. The summed E-state index contributed by atoms with van der Waals surface area (Å²) in [7, 11) is -3.57. The third kappa shape index (κ3) is 11.5. The zero-order valence-corrected chi connectivity index (χ0v) is 16.8. The van der Waals surface area contributed by atoms with Gasteiger partial charge in [-0.05, 0) is 37.0 Å². The maximum absolute atomic E-state index is 11.5. The molecule has 0 unspecified atom stereocenters. The molecule has 0 spiro atoms. The maximum Gasteiger partial charge on any atom is 0.267 e. The molecule has 0 fully saturated rings. The number of aryl methyl sites for hydroxylation is 1. The van der Waals surface area contributed by atoms with Gasteiger partial charge in [-0.3, -0.25) is 4.18 Å². The zero-order valence-electron chi connectivity index (χ0n) is 16.0. The summed E-state index contributed by atoms with van der Waals surface area (Å²) in [5, 5.41) is 8.57. The summed E-state index contributed by atoms with van der Waals surface area (Å²) in [6, 6.07) is 8.03. The molecular formula is C20H34O5S. The first-order chi connectivity index (χ1) is 12.6. The lowest BCUT2D eigenvalue weighted by Crippen LogP contribution is -2.15. The van der Waals surface area contributed by atoms with Crippen molar-refractivity contribution in [1.82, 2.24) is 0 Å². The van der Waals surface area contributed by atoms with Crippen LogP contribution < -0.4 is 4.74 Å². The van der Waals surface area contributed by atoms with Crippen LogP contribution in [-0.2, 0) is 20.7 Å². The van der Waals surface area contributed by atoms with Gasteiger partial charge in [0.2, 0.25) is 0 Å². The number of ether oxygens (including phenoxy) is 1. The van der Waals surface area contributed by atoms with Crippen molar-refractivity contribution >= 4 is 10.1 Å². The van der Waals surface area contributed by atoms with E-state index in [1.165, 1.54) is 50.5 Å². The van der Waals surface area contributed by atoms with Crippen LogP contribution in [0.3, 0.4) is 0 Å². The lowest BCUT2D eigenvalue weighted by Gasteiger charge is -2.08. The van der Waals surface area contributed by atoms with E-state index in [-0.39, 0.29) is 19.0 Å². The van der Waals surface area contributed by atoms with Crippen LogP contribution in [0.5, 0.6) is 5.75 Å². The Kier molecular flexibility index (Phi) is 12.4. The van der Waals surface area contributed by atoms with Gasteiger partial charge in [0.15, 0.2) is 0 Å². The molecule has 0 aliphatic carbocycles. The smallest absolute Gasteiger partial charge is 0.267 e. The Balaban J connectivity index is 2.14. The Bertz CT molecular complexity index is 554. The number of rotatable bonds is 16. The monoisotopic (exact) mass is 386 g/mol.